The van der Waals surface area contributed by atoms with E-state index in [9.17, 15) is 9.59 Å². The molecule has 1 atom stereocenters. The third kappa shape index (κ3) is 4.07. The van der Waals surface area contributed by atoms with Gasteiger partial charge in [0.2, 0.25) is 0 Å². The monoisotopic (exact) mass is 332 g/mol. The van der Waals surface area contributed by atoms with Crippen molar-refractivity contribution >= 4 is 12.0 Å². The van der Waals surface area contributed by atoms with Crippen LogP contribution in [0.4, 0.5) is 4.79 Å². The lowest BCUT2D eigenvalue weighted by Gasteiger charge is -2.29. The number of ether oxygens (including phenoxy) is 2. The van der Waals surface area contributed by atoms with Gasteiger partial charge in [-0.3, -0.25) is 0 Å². The number of urea groups is 1. The molecular weight excluding hydrogens is 308 g/mol. The van der Waals surface area contributed by atoms with Crippen LogP contribution in [0.15, 0.2) is 35.5 Å². The van der Waals surface area contributed by atoms with E-state index in [4.69, 9.17) is 9.47 Å². The number of hydrogen-bond donors (Lipinski definition) is 2. The van der Waals surface area contributed by atoms with Crippen molar-refractivity contribution in [3.8, 4) is 5.75 Å². The SMILES string of the molecule is CCCCOc1ccccc1[C@H]1NC(=O)NC(C)=C1C(=O)OCC. The molecule has 0 bridgehead atoms. The zero-order chi connectivity index (χ0) is 17.5. The maximum absolute atomic E-state index is 12.4. The quantitative estimate of drug-likeness (QED) is 0.594. The molecule has 1 aromatic carbocycles. The molecule has 2 N–H and O–H groups in total. The number of carbonyl (C=O) groups is 2. The zero-order valence-corrected chi connectivity index (χ0v) is 14.3. The van der Waals surface area contributed by atoms with Crippen molar-refractivity contribution in [1.29, 1.82) is 0 Å². The molecule has 24 heavy (non-hydrogen) atoms. The predicted molar refractivity (Wildman–Crippen MR) is 90.6 cm³/mol. The van der Waals surface area contributed by atoms with Gasteiger partial charge in [-0.05, 0) is 26.3 Å². The first-order valence-electron chi connectivity index (χ1n) is 8.25. The summed E-state index contributed by atoms with van der Waals surface area (Å²) in [7, 11) is 0. The minimum Gasteiger partial charge on any atom is -0.493 e. The number of hydrogen-bond acceptors (Lipinski definition) is 4. The van der Waals surface area contributed by atoms with Gasteiger partial charge in [-0.15, -0.1) is 0 Å². The fourth-order valence-corrected chi connectivity index (χ4v) is 2.58. The summed E-state index contributed by atoms with van der Waals surface area (Å²) in [6.45, 7) is 6.39. The summed E-state index contributed by atoms with van der Waals surface area (Å²) in [4.78, 5) is 24.3. The Hall–Kier alpha value is -2.50. The first-order chi connectivity index (χ1) is 11.6. The van der Waals surface area contributed by atoms with E-state index in [1.54, 1.807) is 13.8 Å². The number of rotatable bonds is 7. The maximum Gasteiger partial charge on any atom is 0.338 e. The number of unbranched alkanes of at least 4 members (excludes halogenated alkanes) is 1. The predicted octanol–water partition coefficient (Wildman–Crippen LogP) is 3.06. The van der Waals surface area contributed by atoms with E-state index in [1.165, 1.54) is 0 Å². The maximum atomic E-state index is 12.4. The fraction of sp³-hybridized carbons (Fsp3) is 0.444. The van der Waals surface area contributed by atoms with Crippen LogP contribution in [0.5, 0.6) is 5.75 Å². The summed E-state index contributed by atoms with van der Waals surface area (Å²) in [5.41, 5.74) is 1.62. The minimum absolute atomic E-state index is 0.269. The molecule has 2 rings (SSSR count). The number of para-hydroxylation sites is 1. The second-order valence-corrected chi connectivity index (χ2v) is 5.53. The second kappa shape index (κ2) is 8.38. The van der Waals surface area contributed by atoms with Crippen molar-refractivity contribution in [2.75, 3.05) is 13.2 Å². The van der Waals surface area contributed by atoms with Gasteiger partial charge in [-0.2, -0.15) is 0 Å². The molecule has 0 aliphatic carbocycles. The number of esters is 1. The van der Waals surface area contributed by atoms with Crippen LogP contribution < -0.4 is 15.4 Å². The Morgan fingerprint density at radius 2 is 2.00 bits per heavy atom. The highest BCUT2D eigenvalue weighted by Gasteiger charge is 2.33. The highest BCUT2D eigenvalue weighted by atomic mass is 16.5. The normalized spacial score (nSPS) is 17.1. The third-order valence-corrected chi connectivity index (χ3v) is 3.75. The molecule has 6 nitrogen and oxygen atoms in total. The van der Waals surface area contributed by atoms with Gasteiger partial charge in [-0.25, -0.2) is 9.59 Å². The van der Waals surface area contributed by atoms with Crippen LogP contribution in [0, 0.1) is 0 Å². The molecular formula is C18H24N2O4. The van der Waals surface area contributed by atoms with Crippen LogP contribution in [0.2, 0.25) is 0 Å². The lowest BCUT2D eigenvalue weighted by Crippen LogP contribution is -2.45. The Morgan fingerprint density at radius 3 is 2.71 bits per heavy atom. The summed E-state index contributed by atoms with van der Waals surface area (Å²) in [6.07, 6.45) is 1.96. The molecule has 2 amide bonds. The summed E-state index contributed by atoms with van der Waals surface area (Å²) >= 11 is 0. The van der Waals surface area contributed by atoms with E-state index in [0.717, 1.165) is 18.4 Å². The number of carbonyl (C=O) groups excluding carboxylic acids is 2. The molecule has 0 aromatic heterocycles. The Balaban J connectivity index is 2.38. The molecule has 130 valence electrons. The highest BCUT2D eigenvalue weighted by molar-refractivity contribution is 5.95. The standard InChI is InChI=1S/C18H24N2O4/c1-4-6-11-24-14-10-8-7-9-13(14)16-15(17(21)23-5-2)12(3)19-18(22)20-16/h7-10,16H,4-6,11H2,1-3H3,(H2,19,20,22)/t16-/m1/s1. The van der Waals surface area contributed by atoms with Crippen LogP contribution in [-0.2, 0) is 9.53 Å². The van der Waals surface area contributed by atoms with Gasteiger partial charge in [0, 0.05) is 11.3 Å². The summed E-state index contributed by atoms with van der Waals surface area (Å²) in [5, 5.41) is 5.42. The number of nitrogens with one attached hydrogen (secondary N) is 2. The minimum atomic E-state index is -0.601. The molecule has 1 aliphatic rings. The fourth-order valence-electron chi connectivity index (χ4n) is 2.58. The molecule has 0 spiro atoms. The first-order valence-corrected chi connectivity index (χ1v) is 8.25. The van der Waals surface area contributed by atoms with E-state index in [2.05, 4.69) is 17.6 Å². The summed E-state index contributed by atoms with van der Waals surface area (Å²) in [5.74, 6) is 0.212. The lowest BCUT2D eigenvalue weighted by molar-refractivity contribution is -0.139. The van der Waals surface area contributed by atoms with Crippen molar-refractivity contribution in [2.24, 2.45) is 0 Å². The number of amides is 2. The van der Waals surface area contributed by atoms with Crippen molar-refractivity contribution in [1.82, 2.24) is 10.6 Å². The average molecular weight is 332 g/mol. The number of allylic oxidation sites excluding steroid dienone is 1. The van der Waals surface area contributed by atoms with Crippen LogP contribution >= 0.6 is 0 Å². The van der Waals surface area contributed by atoms with Gasteiger partial charge >= 0.3 is 12.0 Å². The smallest absolute Gasteiger partial charge is 0.338 e. The molecule has 6 heteroatoms. The first kappa shape index (κ1) is 17.8. The highest BCUT2D eigenvalue weighted by Crippen LogP contribution is 2.33. The van der Waals surface area contributed by atoms with Crippen molar-refractivity contribution in [3.05, 3.63) is 41.1 Å². The molecule has 0 saturated carbocycles. The molecule has 1 heterocycles. The molecule has 0 radical (unpaired) electrons. The molecule has 0 unspecified atom stereocenters. The van der Waals surface area contributed by atoms with Gasteiger partial charge in [0.05, 0.1) is 24.8 Å². The Kier molecular flexibility index (Phi) is 6.23. The van der Waals surface area contributed by atoms with E-state index >= 15 is 0 Å². The Labute approximate surface area is 142 Å². The number of benzene rings is 1. The van der Waals surface area contributed by atoms with Gasteiger partial charge in [0.25, 0.3) is 0 Å². The summed E-state index contributed by atoms with van der Waals surface area (Å²) < 4.78 is 11.0. The Morgan fingerprint density at radius 1 is 1.25 bits per heavy atom. The zero-order valence-electron chi connectivity index (χ0n) is 14.3. The van der Waals surface area contributed by atoms with Gasteiger partial charge in [-0.1, -0.05) is 31.5 Å². The van der Waals surface area contributed by atoms with Gasteiger partial charge < -0.3 is 20.1 Å². The van der Waals surface area contributed by atoms with Gasteiger partial charge in [0.15, 0.2) is 0 Å². The molecule has 0 saturated heterocycles. The van der Waals surface area contributed by atoms with Crippen molar-refractivity contribution in [2.45, 2.75) is 39.7 Å². The second-order valence-electron chi connectivity index (χ2n) is 5.53. The van der Waals surface area contributed by atoms with E-state index in [1.807, 2.05) is 24.3 Å². The largest absolute Gasteiger partial charge is 0.493 e. The van der Waals surface area contributed by atoms with Gasteiger partial charge in [0.1, 0.15) is 5.75 Å². The van der Waals surface area contributed by atoms with Crippen LogP contribution in [0.1, 0.15) is 45.2 Å². The molecule has 1 aromatic rings. The van der Waals surface area contributed by atoms with E-state index in [0.29, 0.717) is 23.6 Å². The molecule has 0 fully saturated rings. The Bertz CT molecular complexity index is 640. The third-order valence-electron chi connectivity index (χ3n) is 3.75. The lowest BCUT2D eigenvalue weighted by atomic mass is 9.95. The van der Waals surface area contributed by atoms with Crippen LogP contribution in [0.3, 0.4) is 0 Å². The topological polar surface area (TPSA) is 76.7 Å². The van der Waals surface area contributed by atoms with E-state index in [-0.39, 0.29) is 12.6 Å². The summed E-state index contributed by atoms with van der Waals surface area (Å²) in [6, 6.07) is 6.47. The van der Waals surface area contributed by atoms with Crippen molar-refractivity contribution < 1.29 is 19.1 Å². The van der Waals surface area contributed by atoms with Crippen LogP contribution in [-0.4, -0.2) is 25.2 Å². The van der Waals surface area contributed by atoms with Crippen molar-refractivity contribution in [3.63, 3.8) is 0 Å². The molecule has 1 aliphatic heterocycles. The van der Waals surface area contributed by atoms with Crippen LogP contribution in [0.25, 0.3) is 0 Å². The van der Waals surface area contributed by atoms with E-state index < -0.39 is 12.0 Å². The average Bonchev–Trinajstić information content (AvgIpc) is 2.55.